The fourth-order valence-electron chi connectivity index (χ4n) is 2.53. The molecule has 0 saturated heterocycles. The number of fused-ring (bicyclic) bond motifs is 1. The summed E-state index contributed by atoms with van der Waals surface area (Å²) in [6, 6.07) is 16.5. The van der Waals surface area contributed by atoms with Crippen LogP contribution in [0.15, 0.2) is 54.6 Å². The number of hydrogen-bond donors (Lipinski definition) is 1. The molecule has 1 N–H and O–H groups in total. The maximum atomic E-state index is 12.3. The number of aryl methyl sites for hydroxylation is 1. The first kappa shape index (κ1) is 16.6. The molecule has 126 valence electrons. The van der Waals surface area contributed by atoms with Crippen LogP contribution in [0.3, 0.4) is 0 Å². The SMILES string of the molecule is CC(=O)Nc1ccc(CC(=O)Oc2cccc3ccc(C)nc23)cc1. The highest BCUT2D eigenvalue weighted by atomic mass is 16.5. The van der Waals surface area contributed by atoms with Crippen molar-refractivity contribution < 1.29 is 14.3 Å². The number of ether oxygens (including phenoxy) is 1. The molecule has 3 aromatic rings. The van der Waals surface area contributed by atoms with Crippen LogP contribution in [-0.4, -0.2) is 16.9 Å². The third-order valence-corrected chi connectivity index (χ3v) is 3.67. The molecule has 0 radical (unpaired) electrons. The molecule has 25 heavy (non-hydrogen) atoms. The Morgan fingerprint density at radius 2 is 1.80 bits per heavy atom. The van der Waals surface area contributed by atoms with Gasteiger partial charge in [-0.3, -0.25) is 9.59 Å². The first-order valence-corrected chi connectivity index (χ1v) is 7.95. The first-order chi connectivity index (χ1) is 12.0. The largest absolute Gasteiger partial charge is 0.424 e. The second-order valence-electron chi connectivity index (χ2n) is 5.81. The third kappa shape index (κ3) is 4.20. The van der Waals surface area contributed by atoms with Gasteiger partial charge in [0.1, 0.15) is 5.52 Å². The van der Waals surface area contributed by atoms with Gasteiger partial charge in [0, 0.05) is 23.7 Å². The third-order valence-electron chi connectivity index (χ3n) is 3.67. The fourth-order valence-corrected chi connectivity index (χ4v) is 2.53. The molecule has 1 amide bonds. The predicted molar refractivity (Wildman–Crippen MR) is 96.6 cm³/mol. The lowest BCUT2D eigenvalue weighted by atomic mass is 10.1. The minimum Gasteiger partial charge on any atom is -0.424 e. The van der Waals surface area contributed by atoms with E-state index >= 15 is 0 Å². The highest BCUT2D eigenvalue weighted by Gasteiger charge is 2.10. The van der Waals surface area contributed by atoms with Crippen molar-refractivity contribution in [2.24, 2.45) is 0 Å². The van der Waals surface area contributed by atoms with E-state index in [0.29, 0.717) is 17.0 Å². The van der Waals surface area contributed by atoms with Crippen LogP contribution in [0.1, 0.15) is 18.2 Å². The Hall–Kier alpha value is -3.21. The zero-order valence-electron chi connectivity index (χ0n) is 14.1. The zero-order valence-corrected chi connectivity index (χ0v) is 14.1. The van der Waals surface area contributed by atoms with Gasteiger partial charge in [-0.2, -0.15) is 0 Å². The van der Waals surface area contributed by atoms with Gasteiger partial charge in [-0.05, 0) is 36.8 Å². The van der Waals surface area contributed by atoms with Gasteiger partial charge < -0.3 is 10.1 Å². The second-order valence-corrected chi connectivity index (χ2v) is 5.81. The molecule has 5 heteroatoms. The van der Waals surface area contributed by atoms with Crippen LogP contribution in [0.2, 0.25) is 0 Å². The van der Waals surface area contributed by atoms with Crippen molar-refractivity contribution >= 4 is 28.5 Å². The van der Waals surface area contributed by atoms with E-state index in [4.69, 9.17) is 4.74 Å². The average molecular weight is 334 g/mol. The molecule has 1 aromatic heterocycles. The Labute approximate surface area is 145 Å². The van der Waals surface area contributed by atoms with Gasteiger partial charge in [-0.25, -0.2) is 4.98 Å². The normalized spacial score (nSPS) is 10.5. The van der Waals surface area contributed by atoms with Crippen LogP contribution in [0.25, 0.3) is 10.9 Å². The van der Waals surface area contributed by atoms with E-state index in [1.807, 2.05) is 31.2 Å². The number of para-hydroxylation sites is 1. The number of hydrogen-bond acceptors (Lipinski definition) is 4. The number of nitrogens with zero attached hydrogens (tertiary/aromatic N) is 1. The molecule has 1 heterocycles. The van der Waals surface area contributed by atoms with Gasteiger partial charge >= 0.3 is 5.97 Å². The molecule has 3 rings (SSSR count). The van der Waals surface area contributed by atoms with E-state index in [1.165, 1.54) is 6.92 Å². The van der Waals surface area contributed by atoms with Crippen molar-refractivity contribution in [1.82, 2.24) is 4.98 Å². The number of carbonyl (C=O) groups is 2. The highest BCUT2D eigenvalue weighted by Crippen LogP contribution is 2.24. The minimum atomic E-state index is -0.358. The number of rotatable bonds is 4. The van der Waals surface area contributed by atoms with Crippen LogP contribution in [0, 0.1) is 6.92 Å². The fraction of sp³-hybridized carbons (Fsp3) is 0.150. The van der Waals surface area contributed by atoms with Gasteiger partial charge in [0.2, 0.25) is 5.91 Å². The molecule has 5 nitrogen and oxygen atoms in total. The first-order valence-electron chi connectivity index (χ1n) is 7.95. The molecule has 2 aromatic carbocycles. The monoisotopic (exact) mass is 334 g/mol. The molecular formula is C20H18N2O3. The average Bonchev–Trinajstić information content (AvgIpc) is 2.57. The molecule has 0 aliphatic carbocycles. The molecule has 0 bridgehead atoms. The van der Waals surface area contributed by atoms with Crippen molar-refractivity contribution in [2.75, 3.05) is 5.32 Å². The van der Waals surface area contributed by atoms with Crippen LogP contribution in [0.5, 0.6) is 5.75 Å². The summed E-state index contributed by atoms with van der Waals surface area (Å²) in [5, 5.41) is 3.61. The quantitative estimate of drug-likeness (QED) is 0.584. The number of aromatic nitrogens is 1. The lowest BCUT2D eigenvalue weighted by molar-refractivity contribution is -0.133. The molecule has 0 aliphatic heterocycles. The number of esters is 1. The van der Waals surface area contributed by atoms with Crippen molar-refractivity contribution in [2.45, 2.75) is 20.3 Å². The van der Waals surface area contributed by atoms with Crippen LogP contribution in [-0.2, 0) is 16.0 Å². The number of pyridine rings is 1. The molecule has 0 atom stereocenters. The van der Waals surface area contributed by atoms with Crippen LogP contribution in [0.4, 0.5) is 5.69 Å². The summed E-state index contributed by atoms with van der Waals surface area (Å²) in [6.45, 7) is 3.35. The van der Waals surface area contributed by atoms with E-state index in [1.54, 1.807) is 30.3 Å². The lowest BCUT2D eigenvalue weighted by Crippen LogP contribution is -2.12. The molecule has 0 aliphatic rings. The Morgan fingerprint density at radius 1 is 1.04 bits per heavy atom. The van der Waals surface area contributed by atoms with Gasteiger partial charge in [-0.1, -0.05) is 30.3 Å². The number of carbonyl (C=O) groups excluding carboxylic acids is 2. The van der Waals surface area contributed by atoms with Gasteiger partial charge in [0.25, 0.3) is 0 Å². The Balaban J connectivity index is 1.72. The second kappa shape index (κ2) is 7.13. The highest BCUT2D eigenvalue weighted by molar-refractivity contribution is 5.89. The summed E-state index contributed by atoms with van der Waals surface area (Å²) in [4.78, 5) is 27.7. The molecule has 0 spiro atoms. The molecule has 0 unspecified atom stereocenters. The number of amides is 1. The van der Waals surface area contributed by atoms with Gasteiger partial charge in [-0.15, -0.1) is 0 Å². The Bertz CT molecular complexity index is 933. The van der Waals surface area contributed by atoms with E-state index < -0.39 is 0 Å². The van der Waals surface area contributed by atoms with Crippen LogP contribution >= 0.6 is 0 Å². The van der Waals surface area contributed by atoms with E-state index in [0.717, 1.165) is 16.6 Å². The number of benzene rings is 2. The number of anilines is 1. The van der Waals surface area contributed by atoms with E-state index in [2.05, 4.69) is 10.3 Å². The molecular weight excluding hydrogens is 316 g/mol. The van der Waals surface area contributed by atoms with Gasteiger partial charge in [0.15, 0.2) is 5.75 Å². The molecule has 0 saturated carbocycles. The maximum Gasteiger partial charge on any atom is 0.315 e. The van der Waals surface area contributed by atoms with Crippen molar-refractivity contribution in [3.8, 4) is 5.75 Å². The van der Waals surface area contributed by atoms with Gasteiger partial charge in [0.05, 0.1) is 6.42 Å². The van der Waals surface area contributed by atoms with Crippen molar-refractivity contribution in [3.05, 3.63) is 65.9 Å². The van der Waals surface area contributed by atoms with E-state index in [9.17, 15) is 9.59 Å². The number of nitrogens with one attached hydrogen (secondary N) is 1. The summed E-state index contributed by atoms with van der Waals surface area (Å²) in [6.07, 6.45) is 0.141. The topological polar surface area (TPSA) is 68.3 Å². The predicted octanol–water partition coefficient (Wildman–Crippen LogP) is 3.65. The summed E-state index contributed by atoms with van der Waals surface area (Å²) in [5.74, 6) is -0.0324. The summed E-state index contributed by atoms with van der Waals surface area (Å²) < 4.78 is 5.51. The van der Waals surface area contributed by atoms with Crippen molar-refractivity contribution in [3.63, 3.8) is 0 Å². The van der Waals surface area contributed by atoms with Crippen LogP contribution < -0.4 is 10.1 Å². The standard InChI is InChI=1S/C20H18N2O3/c1-13-6-9-16-4-3-5-18(20(16)21-13)25-19(24)12-15-7-10-17(11-8-15)22-14(2)23/h3-11H,12H2,1-2H3,(H,22,23). The molecule has 0 fully saturated rings. The summed E-state index contributed by atoms with van der Waals surface area (Å²) in [5.41, 5.74) is 3.04. The van der Waals surface area contributed by atoms with E-state index in [-0.39, 0.29) is 18.3 Å². The Morgan fingerprint density at radius 3 is 2.52 bits per heavy atom. The smallest absolute Gasteiger partial charge is 0.315 e. The maximum absolute atomic E-state index is 12.3. The summed E-state index contributed by atoms with van der Waals surface area (Å²) in [7, 11) is 0. The van der Waals surface area contributed by atoms with Crippen molar-refractivity contribution in [1.29, 1.82) is 0 Å². The lowest BCUT2D eigenvalue weighted by Gasteiger charge is -2.08. The minimum absolute atomic E-state index is 0.133. The summed E-state index contributed by atoms with van der Waals surface area (Å²) >= 11 is 0. The zero-order chi connectivity index (χ0) is 17.8. The Kier molecular flexibility index (Phi) is 4.75.